The molecule has 0 fully saturated rings. The molecule has 0 bridgehead atoms. The fraction of sp³-hybridized carbons (Fsp3) is 0.200. The molecule has 6 heteroatoms. The minimum Gasteiger partial charge on any atom is -0.380 e. The predicted octanol–water partition coefficient (Wildman–Crippen LogP) is 1.80. The molecule has 0 aromatic carbocycles. The fourth-order valence-electron chi connectivity index (χ4n) is 1.42. The molecule has 0 saturated carbocycles. The molecular formula is C10H9BrFN3O. The van der Waals surface area contributed by atoms with E-state index in [1.807, 2.05) is 0 Å². The third-order valence-electron chi connectivity index (χ3n) is 2.23. The number of hydrogen-bond donors (Lipinski definition) is 1. The van der Waals surface area contributed by atoms with Crippen LogP contribution in [-0.4, -0.2) is 19.9 Å². The normalized spacial score (nSPS) is 12.8. The lowest BCUT2D eigenvalue weighted by molar-refractivity contribution is 0.204. The lowest BCUT2D eigenvalue weighted by Crippen LogP contribution is -2.08. The van der Waals surface area contributed by atoms with Crippen LogP contribution in [0.4, 0.5) is 4.39 Å². The molecule has 16 heavy (non-hydrogen) atoms. The summed E-state index contributed by atoms with van der Waals surface area (Å²) in [5.74, 6) is -0.431. The van der Waals surface area contributed by atoms with Crippen molar-refractivity contribution in [3.63, 3.8) is 0 Å². The molecule has 0 aliphatic heterocycles. The molecule has 0 spiro atoms. The summed E-state index contributed by atoms with van der Waals surface area (Å²) in [6, 6.07) is 2.70. The van der Waals surface area contributed by atoms with Crippen LogP contribution in [0.5, 0.6) is 0 Å². The largest absolute Gasteiger partial charge is 0.380 e. The molecule has 0 aliphatic carbocycles. The summed E-state index contributed by atoms with van der Waals surface area (Å²) in [6.45, 7) is 0. The van der Waals surface area contributed by atoms with Crippen LogP contribution >= 0.6 is 15.9 Å². The summed E-state index contributed by atoms with van der Waals surface area (Å²) in [5, 5.41) is 14.0. The topological polar surface area (TPSA) is 50.9 Å². The lowest BCUT2D eigenvalue weighted by atomic mass is 10.1. The van der Waals surface area contributed by atoms with Crippen molar-refractivity contribution in [2.75, 3.05) is 0 Å². The second-order valence-corrected chi connectivity index (χ2v) is 4.16. The molecule has 0 aliphatic rings. The van der Waals surface area contributed by atoms with E-state index in [2.05, 4.69) is 26.0 Å². The highest BCUT2D eigenvalue weighted by atomic mass is 79.9. The first-order valence-corrected chi connectivity index (χ1v) is 5.36. The predicted molar refractivity (Wildman–Crippen MR) is 59.2 cm³/mol. The summed E-state index contributed by atoms with van der Waals surface area (Å²) in [4.78, 5) is 3.83. The maximum Gasteiger partial charge on any atom is 0.141 e. The Balaban J connectivity index is 2.39. The van der Waals surface area contributed by atoms with Crippen molar-refractivity contribution in [2.45, 2.75) is 6.10 Å². The number of pyridine rings is 1. The highest BCUT2D eigenvalue weighted by molar-refractivity contribution is 9.10. The Hall–Kier alpha value is -1.27. The molecule has 1 unspecified atom stereocenters. The van der Waals surface area contributed by atoms with Gasteiger partial charge in [0, 0.05) is 7.05 Å². The summed E-state index contributed by atoms with van der Waals surface area (Å²) in [7, 11) is 1.72. The molecule has 2 aromatic heterocycles. The molecule has 1 N–H and O–H groups in total. The zero-order valence-electron chi connectivity index (χ0n) is 8.43. The van der Waals surface area contributed by atoms with Gasteiger partial charge >= 0.3 is 0 Å². The average Bonchev–Trinajstić information content (AvgIpc) is 2.59. The van der Waals surface area contributed by atoms with E-state index in [1.54, 1.807) is 17.9 Å². The molecule has 2 heterocycles. The van der Waals surface area contributed by atoms with Gasteiger partial charge in [-0.1, -0.05) is 0 Å². The van der Waals surface area contributed by atoms with Crippen molar-refractivity contribution in [3.8, 4) is 0 Å². The van der Waals surface area contributed by atoms with Crippen molar-refractivity contribution in [1.82, 2.24) is 14.8 Å². The number of aromatic nitrogens is 3. The first-order chi connectivity index (χ1) is 7.59. The van der Waals surface area contributed by atoms with Gasteiger partial charge in [-0.2, -0.15) is 5.10 Å². The molecule has 0 radical (unpaired) electrons. The van der Waals surface area contributed by atoms with E-state index >= 15 is 0 Å². The van der Waals surface area contributed by atoms with Crippen molar-refractivity contribution >= 4 is 15.9 Å². The van der Waals surface area contributed by atoms with E-state index < -0.39 is 11.9 Å². The van der Waals surface area contributed by atoms with Crippen LogP contribution in [0, 0.1) is 5.82 Å². The van der Waals surface area contributed by atoms with E-state index in [9.17, 15) is 9.50 Å². The maximum atomic E-state index is 12.7. The van der Waals surface area contributed by atoms with Crippen LogP contribution in [-0.2, 0) is 7.05 Å². The minimum absolute atomic E-state index is 0.380. The van der Waals surface area contributed by atoms with Crippen molar-refractivity contribution in [1.29, 1.82) is 0 Å². The number of aryl methyl sites for hydroxylation is 1. The number of aliphatic hydroxyl groups is 1. The molecule has 2 rings (SSSR count). The van der Waals surface area contributed by atoms with E-state index in [4.69, 9.17) is 0 Å². The maximum absolute atomic E-state index is 12.7. The first kappa shape index (κ1) is 11.2. The summed E-state index contributed by atoms with van der Waals surface area (Å²) in [5.41, 5.74) is 0.963. The van der Waals surface area contributed by atoms with Gasteiger partial charge in [0.15, 0.2) is 0 Å². The lowest BCUT2D eigenvalue weighted by Gasteiger charge is -2.11. The van der Waals surface area contributed by atoms with Crippen LogP contribution in [0.1, 0.15) is 17.5 Å². The second-order valence-electron chi connectivity index (χ2n) is 3.31. The molecule has 4 nitrogen and oxygen atoms in total. The van der Waals surface area contributed by atoms with Gasteiger partial charge in [-0.15, -0.1) is 0 Å². The van der Waals surface area contributed by atoms with Gasteiger partial charge in [0.2, 0.25) is 0 Å². The minimum atomic E-state index is -0.928. The SMILES string of the molecule is Cn1ncc(Br)c1C(O)c1ccc(F)cn1. The van der Waals surface area contributed by atoms with Gasteiger partial charge in [-0.05, 0) is 28.1 Å². The van der Waals surface area contributed by atoms with Crippen molar-refractivity contribution < 1.29 is 9.50 Å². The monoisotopic (exact) mass is 285 g/mol. The van der Waals surface area contributed by atoms with Crippen molar-refractivity contribution in [3.05, 3.63) is 46.2 Å². The van der Waals surface area contributed by atoms with Crippen LogP contribution in [0.3, 0.4) is 0 Å². The van der Waals surface area contributed by atoms with Gasteiger partial charge in [-0.3, -0.25) is 9.67 Å². The number of rotatable bonds is 2. The molecule has 0 saturated heterocycles. The Labute approximate surface area is 99.9 Å². The van der Waals surface area contributed by atoms with E-state index in [0.717, 1.165) is 6.20 Å². The van der Waals surface area contributed by atoms with Gasteiger partial charge < -0.3 is 5.11 Å². The number of nitrogens with zero attached hydrogens (tertiary/aromatic N) is 3. The molecular weight excluding hydrogens is 277 g/mol. The fourth-order valence-corrected chi connectivity index (χ4v) is 1.98. The zero-order chi connectivity index (χ0) is 11.7. The Morgan fingerprint density at radius 3 is 2.69 bits per heavy atom. The Bertz CT molecular complexity index is 478. The number of aliphatic hydroxyl groups excluding tert-OH is 1. The molecule has 2 aromatic rings. The van der Waals surface area contributed by atoms with Gasteiger partial charge in [0.1, 0.15) is 11.9 Å². The van der Waals surface area contributed by atoms with Crippen LogP contribution < -0.4 is 0 Å². The highest BCUT2D eigenvalue weighted by Crippen LogP contribution is 2.26. The first-order valence-electron chi connectivity index (χ1n) is 4.56. The van der Waals surface area contributed by atoms with Gasteiger partial charge in [-0.25, -0.2) is 4.39 Å². The zero-order valence-corrected chi connectivity index (χ0v) is 10.0. The standard InChI is InChI=1S/C10H9BrFN3O/c1-15-9(7(11)5-14-15)10(16)8-3-2-6(12)4-13-8/h2-5,10,16H,1H3. The van der Waals surface area contributed by atoms with Crippen molar-refractivity contribution in [2.24, 2.45) is 7.05 Å². The number of halogens is 2. The Morgan fingerprint density at radius 1 is 1.44 bits per heavy atom. The van der Waals surface area contributed by atoms with Gasteiger partial charge in [0.05, 0.1) is 28.3 Å². The quantitative estimate of drug-likeness (QED) is 0.915. The molecule has 1 atom stereocenters. The summed E-state index contributed by atoms with van der Waals surface area (Å²) in [6.07, 6.45) is 1.73. The van der Waals surface area contributed by atoms with E-state index in [0.29, 0.717) is 15.9 Å². The Kier molecular flexibility index (Phi) is 3.02. The van der Waals surface area contributed by atoms with Crippen LogP contribution in [0.2, 0.25) is 0 Å². The van der Waals surface area contributed by atoms with Gasteiger partial charge in [0.25, 0.3) is 0 Å². The third kappa shape index (κ3) is 1.98. The summed E-state index contributed by atoms with van der Waals surface area (Å²) < 4.78 is 14.9. The third-order valence-corrected chi connectivity index (χ3v) is 2.84. The summed E-state index contributed by atoms with van der Waals surface area (Å²) >= 11 is 3.28. The average molecular weight is 286 g/mol. The molecule has 0 amide bonds. The number of hydrogen-bond acceptors (Lipinski definition) is 3. The second kappa shape index (κ2) is 4.31. The van der Waals surface area contributed by atoms with Crippen LogP contribution in [0.25, 0.3) is 0 Å². The van der Waals surface area contributed by atoms with Crippen LogP contribution in [0.15, 0.2) is 29.0 Å². The van der Waals surface area contributed by atoms with E-state index in [-0.39, 0.29) is 0 Å². The molecule has 84 valence electrons. The Morgan fingerprint density at radius 2 is 2.19 bits per heavy atom. The smallest absolute Gasteiger partial charge is 0.141 e. The highest BCUT2D eigenvalue weighted by Gasteiger charge is 2.19. The van der Waals surface area contributed by atoms with E-state index in [1.165, 1.54) is 12.1 Å².